The number of thiazole rings is 1. The minimum absolute atomic E-state index is 0.0448. The van der Waals surface area contributed by atoms with Crippen LogP contribution in [0.5, 0.6) is 11.5 Å². The van der Waals surface area contributed by atoms with Crippen molar-refractivity contribution >= 4 is 27.5 Å². The van der Waals surface area contributed by atoms with Crippen molar-refractivity contribution in [1.82, 2.24) is 9.88 Å². The Hall–Kier alpha value is -2.60. The van der Waals surface area contributed by atoms with Gasteiger partial charge in [0, 0.05) is 13.5 Å². The van der Waals surface area contributed by atoms with Crippen LogP contribution in [-0.2, 0) is 11.2 Å². The molecule has 1 aliphatic heterocycles. The van der Waals surface area contributed by atoms with Gasteiger partial charge in [-0.05, 0) is 43.2 Å². The molecule has 1 atom stereocenters. The maximum Gasteiger partial charge on any atom is 0.231 e. The van der Waals surface area contributed by atoms with Crippen LogP contribution in [-0.4, -0.2) is 29.6 Å². The van der Waals surface area contributed by atoms with E-state index in [-0.39, 0.29) is 18.7 Å². The molecule has 26 heavy (non-hydrogen) atoms. The number of amides is 1. The van der Waals surface area contributed by atoms with E-state index in [0.29, 0.717) is 12.8 Å². The fraction of sp³-hybridized carbons (Fsp3) is 0.300. The molecule has 0 saturated carbocycles. The van der Waals surface area contributed by atoms with E-state index >= 15 is 0 Å². The summed E-state index contributed by atoms with van der Waals surface area (Å²) in [5, 5.41) is 0.963. The first kappa shape index (κ1) is 16.8. The quantitative estimate of drug-likeness (QED) is 0.678. The average Bonchev–Trinajstić information content (AvgIpc) is 3.30. The highest BCUT2D eigenvalue weighted by molar-refractivity contribution is 7.18. The van der Waals surface area contributed by atoms with Gasteiger partial charge in [-0.15, -0.1) is 11.3 Å². The van der Waals surface area contributed by atoms with E-state index in [4.69, 9.17) is 9.47 Å². The molecule has 0 aliphatic carbocycles. The molecule has 1 aliphatic rings. The minimum atomic E-state index is -0.0448. The van der Waals surface area contributed by atoms with Crippen LogP contribution >= 0.6 is 11.3 Å². The maximum absolute atomic E-state index is 12.6. The molecule has 134 valence electrons. The SMILES string of the molecule is C[C@@H](c1nc2ccccc2s1)N(C)C(=O)CCc1ccc2c(c1)OCO2. The summed E-state index contributed by atoms with van der Waals surface area (Å²) in [6, 6.07) is 13.8. The summed E-state index contributed by atoms with van der Waals surface area (Å²) in [5.74, 6) is 1.63. The van der Waals surface area contributed by atoms with Crippen molar-refractivity contribution in [2.45, 2.75) is 25.8 Å². The first-order valence-corrected chi connectivity index (χ1v) is 9.43. The Balaban J connectivity index is 1.40. The molecule has 5 nitrogen and oxygen atoms in total. The van der Waals surface area contributed by atoms with E-state index in [9.17, 15) is 4.79 Å². The molecule has 0 radical (unpaired) electrons. The standard InChI is InChI=1S/C20H20N2O3S/c1-13(20-21-15-5-3-4-6-18(15)26-20)22(2)19(23)10-8-14-7-9-16-17(11-14)25-12-24-16/h3-7,9,11,13H,8,10,12H2,1-2H3/t13-/m0/s1. The molecular weight excluding hydrogens is 348 g/mol. The molecule has 2 heterocycles. The van der Waals surface area contributed by atoms with Crippen LogP contribution < -0.4 is 9.47 Å². The summed E-state index contributed by atoms with van der Waals surface area (Å²) >= 11 is 1.64. The van der Waals surface area contributed by atoms with Gasteiger partial charge in [-0.25, -0.2) is 4.98 Å². The lowest BCUT2D eigenvalue weighted by atomic mass is 10.1. The third-order valence-electron chi connectivity index (χ3n) is 4.71. The summed E-state index contributed by atoms with van der Waals surface area (Å²) in [4.78, 5) is 19.1. The molecule has 1 aromatic heterocycles. The number of fused-ring (bicyclic) bond motifs is 2. The number of hydrogen-bond donors (Lipinski definition) is 0. The molecule has 1 amide bonds. The molecule has 0 bridgehead atoms. The summed E-state index contributed by atoms with van der Waals surface area (Å²) < 4.78 is 11.9. The Kier molecular flexibility index (Phi) is 4.51. The van der Waals surface area contributed by atoms with Gasteiger partial charge < -0.3 is 14.4 Å². The second-order valence-corrected chi connectivity index (χ2v) is 7.45. The van der Waals surface area contributed by atoms with Crippen LogP contribution in [0.25, 0.3) is 10.2 Å². The molecule has 4 rings (SSSR count). The third kappa shape index (κ3) is 3.24. The maximum atomic E-state index is 12.6. The van der Waals surface area contributed by atoms with Crippen LogP contribution in [0.15, 0.2) is 42.5 Å². The average molecular weight is 368 g/mol. The Bertz CT molecular complexity index is 920. The van der Waals surface area contributed by atoms with Gasteiger partial charge in [0.05, 0.1) is 16.3 Å². The Labute approximate surface area is 156 Å². The highest BCUT2D eigenvalue weighted by Crippen LogP contribution is 2.33. The number of ether oxygens (including phenoxy) is 2. The van der Waals surface area contributed by atoms with Crippen LogP contribution in [0.1, 0.15) is 30.0 Å². The lowest BCUT2D eigenvalue weighted by Crippen LogP contribution is -2.29. The van der Waals surface area contributed by atoms with Crippen molar-refractivity contribution in [3.05, 3.63) is 53.0 Å². The number of para-hydroxylation sites is 1. The minimum Gasteiger partial charge on any atom is -0.454 e. The van der Waals surface area contributed by atoms with E-state index in [2.05, 4.69) is 11.1 Å². The van der Waals surface area contributed by atoms with Crippen molar-refractivity contribution < 1.29 is 14.3 Å². The molecule has 0 unspecified atom stereocenters. The topological polar surface area (TPSA) is 51.7 Å². The molecule has 0 spiro atoms. The van der Waals surface area contributed by atoms with Crippen LogP contribution in [0.3, 0.4) is 0 Å². The molecule has 0 N–H and O–H groups in total. The molecular formula is C20H20N2O3S. The van der Waals surface area contributed by atoms with Gasteiger partial charge in [-0.1, -0.05) is 18.2 Å². The smallest absolute Gasteiger partial charge is 0.231 e. The first-order chi connectivity index (χ1) is 12.6. The first-order valence-electron chi connectivity index (χ1n) is 8.61. The van der Waals surface area contributed by atoms with E-state index in [1.165, 1.54) is 0 Å². The summed E-state index contributed by atoms with van der Waals surface area (Å²) in [6.45, 7) is 2.29. The Morgan fingerprint density at radius 1 is 1.23 bits per heavy atom. The monoisotopic (exact) mass is 368 g/mol. The second-order valence-electron chi connectivity index (χ2n) is 6.39. The lowest BCUT2D eigenvalue weighted by molar-refractivity contribution is -0.131. The van der Waals surface area contributed by atoms with Gasteiger partial charge in [0.2, 0.25) is 12.7 Å². The predicted octanol–water partition coefficient (Wildman–Crippen LogP) is 4.18. The molecule has 3 aromatic rings. The number of rotatable bonds is 5. The number of aryl methyl sites for hydroxylation is 1. The fourth-order valence-electron chi connectivity index (χ4n) is 2.97. The zero-order chi connectivity index (χ0) is 18.1. The zero-order valence-corrected chi connectivity index (χ0v) is 15.6. The Morgan fingerprint density at radius 2 is 2.04 bits per heavy atom. The normalized spacial score (nSPS) is 13.8. The van der Waals surface area contributed by atoms with Gasteiger partial charge in [0.15, 0.2) is 11.5 Å². The highest BCUT2D eigenvalue weighted by Gasteiger charge is 2.21. The van der Waals surface area contributed by atoms with Crippen molar-refractivity contribution in [3.8, 4) is 11.5 Å². The van der Waals surface area contributed by atoms with E-state index in [0.717, 1.165) is 32.3 Å². The molecule has 2 aromatic carbocycles. The molecule has 0 fully saturated rings. The van der Waals surface area contributed by atoms with Gasteiger partial charge in [0.25, 0.3) is 0 Å². The summed E-state index contributed by atoms with van der Waals surface area (Å²) in [5.41, 5.74) is 2.06. The van der Waals surface area contributed by atoms with Crippen LogP contribution in [0.2, 0.25) is 0 Å². The zero-order valence-electron chi connectivity index (χ0n) is 14.8. The molecule has 6 heteroatoms. The van der Waals surface area contributed by atoms with Crippen LogP contribution in [0, 0.1) is 0 Å². The summed E-state index contributed by atoms with van der Waals surface area (Å²) in [6.07, 6.45) is 1.12. The number of benzene rings is 2. The fourth-order valence-corrected chi connectivity index (χ4v) is 4.04. The van der Waals surface area contributed by atoms with Gasteiger partial charge >= 0.3 is 0 Å². The van der Waals surface area contributed by atoms with E-state index in [1.54, 1.807) is 16.2 Å². The van der Waals surface area contributed by atoms with Crippen molar-refractivity contribution in [3.63, 3.8) is 0 Å². The van der Waals surface area contributed by atoms with Crippen molar-refractivity contribution in [2.75, 3.05) is 13.8 Å². The number of carbonyl (C=O) groups excluding carboxylic acids is 1. The van der Waals surface area contributed by atoms with E-state index in [1.807, 2.05) is 50.4 Å². The van der Waals surface area contributed by atoms with E-state index < -0.39 is 0 Å². The highest BCUT2D eigenvalue weighted by atomic mass is 32.1. The van der Waals surface area contributed by atoms with Gasteiger partial charge in [0.1, 0.15) is 5.01 Å². The number of aromatic nitrogens is 1. The number of hydrogen-bond acceptors (Lipinski definition) is 5. The predicted molar refractivity (Wildman–Crippen MR) is 102 cm³/mol. The third-order valence-corrected chi connectivity index (χ3v) is 5.91. The van der Waals surface area contributed by atoms with Gasteiger partial charge in [-0.3, -0.25) is 4.79 Å². The molecule has 0 saturated heterocycles. The number of nitrogens with zero attached hydrogens (tertiary/aromatic N) is 2. The number of carbonyl (C=O) groups is 1. The summed E-state index contributed by atoms with van der Waals surface area (Å²) in [7, 11) is 1.85. The van der Waals surface area contributed by atoms with Gasteiger partial charge in [-0.2, -0.15) is 0 Å². The second kappa shape index (κ2) is 6.96. The largest absolute Gasteiger partial charge is 0.454 e. The Morgan fingerprint density at radius 3 is 2.88 bits per heavy atom. The van der Waals surface area contributed by atoms with Crippen molar-refractivity contribution in [1.29, 1.82) is 0 Å². The van der Waals surface area contributed by atoms with Crippen molar-refractivity contribution in [2.24, 2.45) is 0 Å². The van der Waals surface area contributed by atoms with Crippen LogP contribution in [0.4, 0.5) is 0 Å². The lowest BCUT2D eigenvalue weighted by Gasteiger charge is -2.23.